The molecule has 0 aliphatic heterocycles. The zero-order valence-electron chi connectivity index (χ0n) is 10.0. The summed E-state index contributed by atoms with van der Waals surface area (Å²) in [6.07, 6.45) is 0. The maximum absolute atomic E-state index is 12.4. The minimum Gasteiger partial charge on any atom is -0.466 e. The minimum absolute atomic E-state index is 0.0347. The van der Waals surface area contributed by atoms with Gasteiger partial charge in [0.25, 0.3) is 0 Å². The van der Waals surface area contributed by atoms with Crippen molar-refractivity contribution < 1.29 is 9.21 Å². The highest BCUT2D eigenvalue weighted by atomic mass is 127. The molecule has 1 aromatic heterocycles. The van der Waals surface area contributed by atoms with Crippen LogP contribution in [-0.2, 0) is 0 Å². The van der Waals surface area contributed by atoms with Gasteiger partial charge in [0.1, 0.15) is 11.5 Å². The average molecular weight is 340 g/mol. The van der Waals surface area contributed by atoms with E-state index in [4.69, 9.17) is 4.42 Å². The van der Waals surface area contributed by atoms with Crippen LogP contribution in [0, 0.1) is 24.3 Å². The molecule has 1 aromatic carbocycles. The Morgan fingerprint density at radius 2 is 1.88 bits per heavy atom. The van der Waals surface area contributed by atoms with Crippen LogP contribution in [0.3, 0.4) is 0 Å². The van der Waals surface area contributed by atoms with Crippen molar-refractivity contribution in [2.45, 2.75) is 20.8 Å². The van der Waals surface area contributed by atoms with Gasteiger partial charge in [0.05, 0.1) is 5.56 Å². The monoisotopic (exact) mass is 340 g/mol. The molecule has 0 radical (unpaired) electrons. The lowest BCUT2D eigenvalue weighted by Gasteiger charge is -2.05. The van der Waals surface area contributed by atoms with E-state index in [9.17, 15) is 4.79 Å². The summed E-state index contributed by atoms with van der Waals surface area (Å²) in [4.78, 5) is 12.4. The fraction of sp³-hybridized carbons (Fsp3) is 0.214. The number of rotatable bonds is 2. The SMILES string of the molecule is Cc1cc(C(=O)c2cccc(C)c2I)c(C)o1. The van der Waals surface area contributed by atoms with E-state index < -0.39 is 0 Å². The molecule has 0 amide bonds. The number of benzene rings is 1. The van der Waals surface area contributed by atoms with Gasteiger partial charge >= 0.3 is 0 Å². The van der Waals surface area contributed by atoms with Gasteiger partial charge in [-0.15, -0.1) is 0 Å². The molecule has 2 rings (SSSR count). The number of carbonyl (C=O) groups is 1. The molecule has 0 spiro atoms. The van der Waals surface area contributed by atoms with Crippen LogP contribution in [0.25, 0.3) is 0 Å². The molecule has 2 aromatic rings. The van der Waals surface area contributed by atoms with E-state index >= 15 is 0 Å². The summed E-state index contributed by atoms with van der Waals surface area (Å²) in [7, 11) is 0. The summed E-state index contributed by atoms with van der Waals surface area (Å²) in [6.45, 7) is 5.68. The van der Waals surface area contributed by atoms with E-state index in [1.165, 1.54) is 0 Å². The Hall–Kier alpha value is -1.10. The predicted molar refractivity (Wildman–Crippen MR) is 75.5 cm³/mol. The van der Waals surface area contributed by atoms with E-state index in [1.54, 1.807) is 6.07 Å². The molecular formula is C14H13IO2. The molecule has 2 nitrogen and oxygen atoms in total. The molecule has 1 heterocycles. The molecule has 88 valence electrons. The van der Waals surface area contributed by atoms with Crippen LogP contribution in [0.2, 0.25) is 0 Å². The number of halogens is 1. The second-order valence-corrected chi connectivity index (χ2v) is 5.17. The molecule has 3 heteroatoms. The molecule has 0 fully saturated rings. The molecule has 17 heavy (non-hydrogen) atoms. The number of aryl methyl sites for hydroxylation is 3. The molecule has 0 unspecified atom stereocenters. The minimum atomic E-state index is 0.0347. The first kappa shape index (κ1) is 12.4. The Kier molecular flexibility index (Phi) is 3.38. The summed E-state index contributed by atoms with van der Waals surface area (Å²) in [5.41, 5.74) is 2.52. The fourth-order valence-electron chi connectivity index (χ4n) is 1.82. The van der Waals surface area contributed by atoms with Crippen LogP contribution in [-0.4, -0.2) is 5.78 Å². The summed E-state index contributed by atoms with van der Waals surface area (Å²) < 4.78 is 6.41. The van der Waals surface area contributed by atoms with E-state index in [-0.39, 0.29) is 5.78 Å². The lowest BCUT2D eigenvalue weighted by Crippen LogP contribution is -2.04. The van der Waals surface area contributed by atoms with Gasteiger partial charge in [0.15, 0.2) is 5.78 Å². The number of furan rings is 1. The molecule has 0 aliphatic rings. The second kappa shape index (κ2) is 4.64. The second-order valence-electron chi connectivity index (χ2n) is 4.09. The molecule has 0 atom stereocenters. The smallest absolute Gasteiger partial charge is 0.197 e. The van der Waals surface area contributed by atoms with Crippen LogP contribution >= 0.6 is 22.6 Å². The van der Waals surface area contributed by atoms with E-state index in [0.717, 1.165) is 20.5 Å². The summed E-state index contributed by atoms with van der Waals surface area (Å²) in [6, 6.07) is 7.58. The van der Waals surface area contributed by atoms with Crippen molar-refractivity contribution in [2.75, 3.05) is 0 Å². The van der Waals surface area contributed by atoms with Crippen LogP contribution in [0.1, 0.15) is 33.0 Å². The van der Waals surface area contributed by atoms with Crippen molar-refractivity contribution in [3.8, 4) is 0 Å². The topological polar surface area (TPSA) is 30.2 Å². The fourth-order valence-corrected chi connectivity index (χ4v) is 2.43. The lowest BCUT2D eigenvalue weighted by molar-refractivity contribution is 0.103. The lowest BCUT2D eigenvalue weighted by atomic mass is 10.0. The Morgan fingerprint density at radius 3 is 2.47 bits per heavy atom. The van der Waals surface area contributed by atoms with Crippen molar-refractivity contribution in [1.82, 2.24) is 0 Å². The first-order valence-corrected chi connectivity index (χ1v) is 6.45. The van der Waals surface area contributed by atoms with Gasteiger partial charge < -0.3 is 4.42 Å². The van der Waals surface area contributed by atoms with Crippen molar-refractivity contribution in [1.29, 1.82) is 0 Å². The molecule has 0 bridgehead atoms. The third-order valence-corrected chi connectivity index (χ3v) is 4.15. The average Bonchev–Trinajstić information content (AvgIpc) is 2.61. The van der Waals surface area contributed by atoms with Gasteiger partial charge in [-0.1, -0.05) is 12.1 Å². The summed E-state index contributed by atoms with van der Waals surface area (Å²) in [5.74, 6) is 1.49. The Bertz CT molecular complexity index is 582. The van der Waals surface area contributed by atoms with Crippen LogP contribution in [0.4, 0.5) is 0 Å². The van der Waals surface area contributed by atoms with Gasteiger partial charge in [-0.2, -0.15) is 0 Å². The molecule has 0 N–H and O–H groups in total. The first-order chi connectivity index (χ1) is 8.00. The third-order valence-electron chi connectivity index (χ3n) is 2.72. The van der Waals surface area contributed by atoms with Crippen molar-refractivity contribution in [2.24, 2.45) is 0 Å². The largest absolute Gasteiger partial charge is 0.466 e. The Balaban J connectivity index is 2.51. The number of hydrogen-bond donors (Lipinski definition) is 0. The van der Waals surface area contributed by atoms with Crippen LogP contribution < -0.4 is 0 Å². The van der Waals surface area contributed by atoms with Crippen LogP contribution in [0.5, 0.6) is 0 Å². The highest BCUT2D eigenvalue weighted by molar-refractivity contribution is 14.1. The third kappa shape index (κ3) is 2.29. The highest BCUT2D eigenvalue weighted by Crippen LogP contribution is 2.23. The normalized spacial score (nSPS) is 10.6. The molecule has 0 saturated carbocycles. The summed E-state index contributed by atoms with van der Waals surface area (Å²) >= 11 is 2.21. The number of ketones is 1. The standard InChI is InChI=1S/C14H13IO2/c1-8-5-4-6-11(13(8)15)14(16)12-7-9(2)17-10(12)3/h4-7H,1-3H3. The quantitative estimate of drug-likeness (QED) is 0.610. The Labute approximate surface area is 114 Å². The van der Waals surface area contributed by atoms with Crippen molar-refractivity contribution in [3.05, 3.63) is 56.0 Å². The van der Waals surface area contributed by atoms with Crippen molar-refractivity contribution in [3.63, 3.8) is 0 Å². The van der Waals surface area contributed by atoms with Gasteiger partial charge in [0, 0.05) is 9.13 Å². The maximum Gasteiger partial charge on any atom is 0.197 e. The first-order valence-electron chi connectivity index (χ1n) is 5.37. The highest BCUT2D eigenvalue weighted by Gasteiger charge is 2.18. The van der Waals surface area contributed by atoms with Crippen molar-refractivity contribution >= 4 is 28.4 Å². The summed E-state index contributed by atoms with van der Waals surface area (Å²) in [5, 5.41) is 0. The zero-order valence-corrected chi connectivity index (χ0v) is 12.2. The Morgan fingerprint density at radius 1 is 1.18 bits per heavy atom. The number of carbonyl (C=O) groups excluding carboxylic acids is 1. The predicted octanol–water partition coefficient (Wildman–Crippen LogP) is 4.04. The maximum atomic E-state index is 12.4. The van der Waals surface area contributed by atoms with E-state index in [0.29, 0.717) is 11.3 Å². The van der Waals surface area contributed by atoms with E-state index in [1.807, 2.05) is 39.0 Å². The number of hydrogen-bond acceptors (Lipinski definition) is 2. The van der Waals surface area contributed by atoms with Gasteiger partial charge in [-0.05, 0) is 61.1 Å². The van der Waals surface area contributed by atoms with Gasteiger partial charge in [-0.25, -0.2) is 0 Å². The molecule has 0 saturated heterocycles. The molecular weight excluding hydrogens is 327 g/mol. The van der Waals surface area contributed by atoms with E-state index in [2.05, 4.69) is 22.6 Å². The van der Waals surface area contributed by atoms with Crippen LogP contribution in [0.15, 0.2) is 28.7 Å². The van der Waals surface area contributed by atoms with Gasteiger partial charge in [-0.3, -0.25) is 4.79 Å². The van der Waals surface area contributed by atoms with Gasteiger partial charge in [0.2, 0.25) is 0 Å². The zero-order chi connectivity index (χ0) is 12.6. The molecule has 0 aliphatic carbocycles.